The Balaban J connectivity index is 2.02. The van der Waals surface area contributed by atoms with Crippen LogP contribution >= 0.6 is 0 Å². The molecule has 0 aromatic carbocycles. The number of H-pyrrole nitrogens is 1. The molecule has 2 heterocycles. The van der Waals surface area contributed by atoms with Crippen molar-refractivity contribution in [2.75, 3.05) is 11.5 Å². The Kier molecular flexibility index (Phi) is 6.74. The lowest BCUT2D eigenvalue weighted by Gasteiger charge is -2.32. The molecule has 1 N–H and O–H groups in total. The quantitative estimate of drug-likeness (QED) is 0.732. The van der Waals surface area contributed by atoms with Crippen LogP contribution < -0.4 is 10.5 Å². The lowest BCUT2D eigenvalue weighted by molar-refractivity contribution is -0.123. The number of aromatic nitrogens is 3. The number of esters is 1. The summed E-state index contributed by atoms with van der Waals surface area (Å²) in [5.41, 5.74) is 0.575. The van der Waals surface area contributed by atoms with E-state index in [1.807, 2.05) is 13.8 Å². The van der Waals surface area contributed by atoms with Crippen LogP contribution in [0, 0.1) is 11.8 Å². The Labute approximate surface area is 176 Å². The van der Waals surface area contributed by atoms with Gasteiger partial charge in [0.25, 0.3) is 0 Å². The molecular formula is C22H30N4O4. The first-order valence-corrected chi connectivity index (χ1v) is 10.6. The minimum Gasteiger partial charge on any atom is -0.462 e. The largest absolute Gasteiger partial charge is 0.462 e. The molecule has 1 fully saturated rings. The number of hydrogen-bond donors (Lipinski definition) is 1. The molecule has 30 heavy (non-hydrogen) atoms. The van der Waals surface area contributed by atoms with Crippen molar-refractivity contribution in [1.29, 1.82) is 0 Å². The van der Waals surface area contributed by atoms with E-state index in [1.165, 1.54) is 16.9 Å². The third-order valence-electron chi connectivity index (χ3n) is 5.57. The molecular weight excluding hydrogens is 384 g/mol. The number of ether oxygens (including phenoxy) is 1. The van der Waals surface area contributed by atoms with Crippen molar-refractivity contribution in [2.45, 2.75) is 59.4 Å². The number of carbonyl (C=O) groups is 2. The summed E-state index contributed by atoms with van der Waals surface area (Å²) in [6.07, 6.45) is 6.81. The number of pyridine rings is 1. The highest BCUT2D eigenvalue weighted by Crippen LogP contribution is 2.32. The first kappa shape index (κ1) is 21.8. The summed E-state index contributed by atoms with van der Waals surface area (Å²) in [5.74, 6) is 0.319. The van der Waals surface area contributed by atoms with E-state index in [4.69, 9.17) is 4.74 Å². The average Bonchev–Trinajstić information content (AvgIpc) is 3.14. The van der Waals surface area contributed by atoms with Gasteiger partial charge in [-0.2, -0.15) is 0 Å². The molecule has 0 radical (unpaired) electrons. The summed E-state index contributed by atoms with van der Waals surface area (Å²) >= 11 is 0. The number of rotatable bonds is 6. The number of nitrogens with one attached hydrogen (secondary N) is 1. The van der Waals surface area contributed by atoms with Crippen LogP contribution in [0.5, 0.6) is 0 Å². The van der Waals surface area contributed by atoms with Crippen molar-refractivity contribution >= 4 is 17.7 Å². The number of nitrogens with zero attached hydrogens (tertiary/aromatic N) is 3. The van der Waals surface area contributed by atoms with E-state index in [2.05, 4.69) is 17.0 Å². The predicted octanol–water partition coefficient (Wildman–Crippen LogP) is 3.31. The maximum atomic E-state index is 13.4. The first-order valence-electron chi connectivity index (χ1n) is 10.6. The van der Waals surface area contributed by atoms with Crippen LogP contribution in [-0.2, 0) is 9.53 Å². The molecule has 3 rings (SSSR count). The van der Waals surface area contributed by atoms with Crippen molar-refractivity contribution in [3.8, 4) is 5.69 Å². The summed E-state index contributed by atoms with van der Waals surface area (Å²) < 4.78 is 6.71. The van der Waals surface area contributed by atoms with Crippen LogP contribution in [0.15, 0.2) is 29.3 Å². The summed E-state index contributed by atoms with van der Waals surface area (Å²) in [6.45, 7) is 8.00. The van der Waals surface area contributed by atoms with E-state index in [1.54, 1.807) is 24.1 Å². The van der Waals surface area contributed by atoms with Crippen molar-refractivity contribution in [2.24, 2.45) is 11.8 Å². The van der Waals surface area contributed by atoms with Crippen LogP contribution in [0.25, 0.3) is 5.69 Å². The zero-order valence-electron chi connectivity index (χ0n) is 18.1. The lowest BCUT2D eigenvalue weighted by Crippen LogP contribution is -2.43. The van der Waals surface area contributed by atoms with Crippen LogP contribution in [0.1, 0.15) is 63.7 Å². The fourth-order valence-electron chi connectivity index (χ4n) is 3.88. The van der Waals surface area contributed by atoms with Gasteiger partial charge < -0.3 is 9.72 Å². The van der Waals surface area contributed by atoms with Gasteiger partial charge in [0, 0.05) is 30.4 Å². The highest BCUT2D eigenvalue weighted by Gasteiger charge is 2.34. The molecule has 1 aliphatic carbocycles. The Hall–Kier alpha value is -2.90. The zero-order valence-corrected chi connectivity index (χ0v) is 18.1. The van der Waals surface area contributed by atoms with Crippen LogP contribution in [-0.4, -0.2) is 39.3 Å². The lowest BCUT2D eigenvalue weighted by atomic mass is 9.82. The second kappa shape index (κ2) is 9.28. The average molecular weight is 415 g/mol. The maximum Gasteiger partial charge on any atom is 0.343 e. The molecule has 1 amide bonds. The second-order valence-electron chi connectivity index (χ2n) is 8.20. The number of carbonyl (C=O) groups excluding carboxylic acids is 2. The Bertz CT molecular complexity index is 934. The van der Waals surface area contributed by atoms with Gasteiger partial charge in [-0.1, -0.05) is 6.92 Å². The molecule has 8 nitrogen and oxygen atoms in total. The van der Waals surface area contributed by atoms with E-state index < -0.39 is 5.97 Å². The van der Waals surface area contributed by atoms with Gasteiger partial charge in [0.15, 0.2) is 5.82 Å². The molecule has 0 spiro atoms. The summed E-state index contributed by atoms with van der Waals surface area (Å²) in [4.78, 5) is 41.7. The van der Waals surface area contributed by atoms with Crippen molar-refractivity contribution in [1.82, 2.24) is 14.8 Å². The number of anilines is 1. The first-order chi connectivity index (χ1) is 14.3. The molecule has 1 saturated carbocycles. The SMILES string of the molecule is CCOC(=O)c1cn(-c2ccc(=O)[nH]c2)nc1N(C(=O)C1CCC(C)CC1)C(C)C. The van der Waals surface area contributed by atoms with Crippen LogP contribution in [0.2, 0.25) is 0 Å². The van der Waals surface area contributed by atoms with Crippen molar-refractivity contribution < 1.29 is 14.3 Å². The molecule has 0 atom stereocenters. The predicted molar refractivity (Wildman–Crippen MR) is 114 cm³/mol. The minimum atomic E-state index is -0.529. The fraction of sp³-hybridized carbons (Fsp3) is 0.545. The molecule has 2 aromatic rings. The van der Waals surface area contributed by atoms with Gasteiger partial charge in [-0.25, -0.2) is 9.48 Å². The van der Waals surface area contributed by atoms with Gasteiger partial charge in [-0.3, -0.25) is 14.5 Å². The summed E-state index contributed by atoms with van der Waals surface area (Å²) in [7, 11) is 0. The summed E-state index contributed by atoms with van der Waals surface area (Å²) in [5, 5.41) is 4.56. The fourth-order valence-corrected chi connectivity index (χ4v) is 3.88. The van der Waals surface area contributed by atoms with Crippen molar-refractivity contribution in [3.05, 3.63) is 40.4 Å². The Morgan fingerprint density at radius 3 is 2.53 bits per heavy atom. The highest BCUT2D eigenvalue weighted by molar-refractivity contribution is 6.02. The van der Waals surface area contributed by atoms with E-state index in [0.29, 0.717) is 17.4 Å². The summed E-state index contributed by atoms with van der Waals surface area (Å²) in [6, 6.07) is 2.81. The minimum absolute atomic E-state index is 0.00540. The van der Waals surface area contributed by atoms with Gasteiger partial charge in [0.05, 0.1) is 12.3 Å². The van der Waals surface area contributed by atoms with E-state index >= 15 is 0 Å². The highest BCUT2D eigenvalue weighted by atomic mass is 16.5. The number of amides is 1. The van der Waals surface area contributed by atoms with Gasteiger partial charge in [-0.15, -0.1) is 5.10 Å². The molecule has 1 aliphatic rings. The molecule has 0 bridgehead atoms. The number of aromatic amines is 1. The Morgan fingerprint density at radius 1 is 1.27 bits per heavy atom. The van der Waals surface area contributed by atoms with Gasteiger partial charge >= 0.3 is 5.97 Å². The third kappa shape index (κ3) is 4.63. The van der Waals surface area contributed by atoms with Gasteiger partial charge in [-0.05, 0) is 58.4 Å². The molecule has 0 saturated heterocycles. The van der Waals surface area contributed by atoms with E-state index in [0.717, 1.165) is 25.7 Å². The number of hydrogen-bond acceptors (Lipinski definition) is 5. The van der Waals surface area contributed by atoms with Crippen LogP contribution in [0.3, 0.4) is 0 Å². The topological polar surface area (TPSA) is 97.3 Å². The monoisotopic (exact) mass is 414 g/mol. The molecule has 0 unspecified atom stereocenters. The van der Waals surface area contributed by atoms with Gasteiger partial charge in [0.1, 0.15) is 5.56 Å². The Morgan fingerprint density at radius 2 is 1.97 bits per heavy atom. The normalized spacial score (nSPS) is 19.0. The second-order valence-corrected chi connectivity index (χ2v) is 8.20. The molecule has 162 valence electrons. The third-order valence-corrected chi connectivity index (χ3v) is 5.57. The van der Waals surface area contributed by atoms with Crippen LogP contribution in [0.4, 0.5) is 5.82 Å². The van der Waals surface area contributed by atoms with Gasteiger partial charge in [0.2, 0.25) is 11.5 Å². The standard InChI is InChI=1S/C22H30N4O4/c1-5-30-22(29)18-13-25(17-10-11-19(27)23-12-17)24-20(18)26(14(2)3)21(28)16-8-6-15(4)7-9-16/h10-16H,5-9H2,1-4H3,(H,23,27). The van der Waals surface area contributed by atoms with Crippen molar-refractivity contribution in [3.63, 3.8) is 0 Å². The smallest absolute Gasteiger partial charge is 0.343 e. The molecule has 0 aliphatic heterocycles. The van der Waals surface area contributed by atoms with E-state index in [-0.39, 0.29) is 35.6 Å². The molecule has 2 aromatic heterocycles. The maximum absolute atomic E-state index is 13.4. The van der Waals surface area contributed by atoms with E-state index in [9.17, 15) is 14.4 Å². The molecule has 8 heteroatoms. The zero-order chi connectivity index (χ0) is 21.8.